The van der Waals surface area contributed by atoms with Gasteiger partial charge in [-0.2, -0.15) is 0 Å². The van der Waals surface area contributed by atoms with Gasteiger partial charge in [-0.3, -0.25) is 4.68 Å². The van der Waals surface area contributed by atoms with Crippen LogP contribution in [-0.4, -0.2) is 28.2 Å². The lowest BCUT2D eigenvalue weighted by molar-refractivity contribution is -0.142. The predicted molar refractivity (Wildman–Crippen MR) is 65.5 cm³/mol. The molecule has 5 heteroatoms. The Bertz CT molecular complexity index is 306. The Morgan fingerprint density at radius 3 is 2.41 bits per heavy atom. The van der Waals surface area contributed by atoms with E-state index >= 15 is 0 Å². The van der Waals surface area contributed by atoms with Crippen LogP contribution in [0.25, 0.3) is 0 Å². The molecule has 1 heterocycles. The molecule has 0 N–H and O–H groups in total. The van der Waals surface area contributed by atoms with Crippen molar-refractivity contribution in [1.82, 2.24) is 15.0 Å². The van der Waals surface area contributed by atoms with Crippen molar-refractivity contribution in [2.45, 2.75) is 47.0 Å². The van der Waals surface area contributed by atoms with Crippen LogP contribution in [0.2, 0.25) is 0 Å². The van der Waals surface area contributed by atoms with E-state index in [9.17, 15) is 0 Å². The Morgan fingerprint density at radius 2 is 1.88 bits per heavy atom. The van der Waals surface area contributed by atoms with Crippen molar-refractivity contribution in [1.29, 1.82) is 0 Å². The number of rotatable bonds is 8. The fourth-order valence-electron chi connectivity index (χ4n) is 1.44. The molecule has 0 saturated carbocycles. The van der Waals surface area contributed by atoms with Gasteiger partial charge in [0, 0.05) is 19.8 Å². The Morgan fingerprint density at radius 1 is 1.24 bits per heavy atom. The minimum atomic E-state index is -0.391. The Balaban J connectivity index is 2.57. The molecule has 0 aliphatic carbocycles. The first-order chi connectivity index (χ1) is 8.17. The topological polar surface area (TPSA) is 49.2 Å². The quantitative estimate of drug-likeness (QED) is 0.656. The van der Waals surface area contributed by atoms with Gasteiger partial charge in [-0.1, -0.05) is 19.1 Å². The molecule has 0 fully saturated rings. The van der Waals surface area contributed by atoms with Crippen LogP contribution in [-0.2, 0) is 16.0 Å². The average Bonchev–Trinajstić information content (AvgIpc) is 2.74. The van der Waals surface area contributed by atoms with E-state index in [4.69, 9.17) is 9.47 Å². The molecule has 0 atom stereocenters. The van der Waals surface area contributed by atoms with Crippen LogP contribution >= 0.6 is 0 Å². The zero-order chi connectivity index (χ0) is 12.7. The molecule has 1 aromatic rings. The molecule has 0 radical (unpaired) electrons. The summed E-state index contributed by atoms with van der Waals surface area (Å²) in [6, 6.07) is 0. The SMILES string of the molecule is CCOC(OCC)c1cn(CCC(C)C)nn1. The van der Waals surface area contributed by atoms with Crippen molar-refractivity contribution < 1.29 is 9.47 Å². The lowest BCUT2D eigenvalue weighted by atomic mass is 10.1. The van der Waals surface area contributed by atoms with Gasteiger partial charge in [0.15, 0.2) is 0 Å². The molecule has 0 unspecified atom stereocenters. The third kappa shape index (κ3) is 4.83. The predicted octanol–water partition coefficient (Wildman–Crippen LogP) is 2.40. The number of ether oxygens (including phenoxy) is 2. The van der Waals surface area contributed by atoms with E-state index in [1.54, 1.807) is 0 Å². The minimum Gasteiger partial charge on any atom is -0.347 e. The van der Waals surface area contributed by atoms with Crippen LogP contribution in [0.4, 0.5) is 0 Å². The Labute approximate surface area is 103 Å². The summed E-state index contributed by atoms with van der Waals surface area (Å²) in [7, 11) is 0. The maximum absolute atomic E-state index is 5.47. The molecule has 5 nitrogen and oxygen atoms in total. The fourth-order valence-corrected chi connectivity index (χ4v) is 1.44. The molecule has 0 aromatic carbocycles. The summed E-state index contributed by atoms with van der Waals surface area (Å²) in [5.41, 5.74) is 0.748. The van der Waals surface area contributed by atoms with Crippen molar-refractivity contribution in [2.75, 3.05) is 13.2 Å². The van der Waals surface area contributed by atoms with Crippen molar-refractivity contribution in [2.24, 2.45) is 5.92 Å². The van der Waals surface area contributed by atoms with Crippen LogP contribution in [0.3, 0.4) is 0 Å². The van der Waals surface area contributed by atoms with E-state index in [1.165, 1.54) is 0 Å². The summed E-state index contributed by atoms with van der Waals surface area (Å²) >= 11 is 0. The van der Waals surface area contributed by atoms with Crippen molar-refractivity contribution in [3.05, 3.63) is 11.9 Å². The van der Waals surface area contributed by atoms with E-state index in [-0.39, 0.29) is 0 Å². The third-order valence-electron chi connectivity index (χ3n) is 2.37. The zero-order valence-corrected chi connectivity index (χ0v) is 11.2. The lowest BCUT2D eigenvalue weighted by Gasteiger charge is -2.13. The maximum Gasteiger partial charge on any atom is 0.204 e. The van der Waals surface area contributed by atoms with Crippen LogP contribution < -0.4 is 0 Å². The Hall–Kier alpha value is -0.940. The largest absolute Gasteiger partial charge is 0.347 e. The molecule has 1 aromatic heterocycles. The van der Waals surface area contributed by atoms with Crippen LogP contribution in [0.15, 0.2) is 6.20 Å². The normalized spacial score (nSPS) is 11.6. The van der Waals surface area contributed by atoms with Gasteiger partial charge in [0.2, 0.25) is 6.29 Å². The van der Waals surface area contributed by atoms with Crippen LogP contribution in [0.5, 0.6) is 0 Å². The summed E-state index contributed by atoms with van der Waals surface area (Å²) < 4.78 is 12.8. The van der Waals surface area contributed by atoms with Gasteiger partial charge in [-0.15, -0.1) is 5.10 Å². The molecule has 0 aliphatic rings. The highest BCUT2D eigenvalue weighted by Gasteiger charge is 2.15. The van der Waals surface area contributed by atoms with Crippen molar-refractivity contribution >= 4 is 0 Å². The van der Waals surface area contributed by atoms with E-state index in [0.29, 0.717) is 19.1 Å². The molecule has 0 spiro atoms. The smallest absolute Gasteiger partial charge is 0.204 e. The van der Waals surface area contributed by atoms with E-state index in [1.807, 2.05) is 24.7 Å². The molecule has 0 bridgehead atoms. The summed E-state index contributed by atoms with van der Waals surface area (Å²) in [5, 5.41) is 8.17. The highest BCUT2D eigenvalue weighted by atomic mass is 16.7. The van der Waals surface area contributed by atoms with Gasteiger partial charge in [-0.25, -0.2) is 0 Å². The number of aromatic nitrogens is 3. The lowest BCUT2D eigenvalue weighted by Crippen LogP contribution is -2.09. The first-order valence-electron chi connectivity index (χ1n) is 6.30. The van der Waals surface area contributed by atoms with Gasteiger partial charge >= 0.3 is 0 Å². The second kappa shape index (κ2) is 7.40. The van der Waals surface area contributed by atoms with Crippen molar-refractivity contribution in [3.8, 4) is 0 Å². The molecular formula is C12H23N3O2. The second-order valence-corrected chi connectivity index (χ2v) is 4.33. The number of hydrogen-bond donors (Lipinski definition) is 0. The highest BCUT2D eigenvalue weighted by Crippen LogP contribution is 2.16. The maximum atomic E-state index is 5.47. The van der Waals surface area contributed by atoms with Gasteiger partial charge in [-0.05, 0) is 26.2 Å². The van der Waals surface area contributed by atoms with E-state index < -0.39 is 6.29 Å². The molecule has 17 heavy (non-hydrogen) atoms. The summed E-state index contributed by atoms with van der Waals surface area (Å²) in [6.45, 7) is 10.4. The standard InChI is InChI=1S/C12H23N3O2/c1-5-16-12(17-6-2)11-9-15(14-13-11)8-7-10(3)4/h9-10,12H,5-8H2,1-4H3. The number of nitrogens with zero attached hydrogens (tertiary/aromatic N) is 3. The summed E-state index contributed by atoms with van der Waals surface area (Å²) in [5.74, 6) is 0.664. The number of hydrogen-bond acceptors (Lipinski definition) is 4. The molecule has 0 saturated heterocycles. The zero-order valence-electron chi connectivity index (χ0n) is 11.2. The molecule has 98 valence electrons. The van der Waals surface area contributed by atoms with Gasteiger partial charge in [0.05, 0.1) is 6.20 Å². The fraction of sp³-hybridized carbons (Fsp3) is 0.833. The summed E-state index contributed by atoms with van der Waals surface area (Å²) in [6.07, 6.45) is 2.60. The highest BCUT2D eigenvalue weighted by molar-refractivity contribution is 4.94. The van der Waals surface area contributed by atoms with Crippen molar-refractivity contribution in [3.63, 3.8) is 0 Å². The van der Waals surface area contributed by atoms with Gasteiger partial charge in [0.25, 0.3) is 0 Å². The molecule has 0 amide bonds. The Kier molecular flexibility index (Phi) is 6.15. The third-order valence-corrected chi connectivity index (χ3v) is 2.37. The van der Waals surface area contributed by atoms with Crippen LogP contribution in [0.1, 0.15) is 46.1 Å². The van der Waals surface area contributed by atoms with Gasteiger partial charge in [0.1, 0.15) is 5.69 Å². The second-order valence-electron chi connectivity index (χ2n) is 4.33. The molecule has 1 rings (SSSR count). The summed E-state index contributed by atoms with van der Waals surface area (Å²) in [4.78, 5) is 0. The average molecular weight is 241 g/mol. The van der Waals surface area contributed by atoms with Gasteiger partial charge < -0.3 is 9.47 Å². The van der Waals surface area contributed by atoms with Crippen LogP contribution in [0, 0.1) is 5.92 Å². The molecular weight excluding hydrogens is 218 g/mol. The molecule has 0 aliphatic heterocycles. The number of aryl methyl sites for hydroxylation is 1. The van der Waals surface area contributed by atoms with E-state index in [0.717, 1.165) is 18.7 Å². The minimum absolute atomic E-state index is 0.391. The van der Waals surface area contributed by atoms with E-state index in [2.05, 4.69) is 24.2 Å². The monoisotopic (exact) mass is 241 g/mol. The first-order valence-corrected chi connectivity index (χ1v) is 6.30. The first kappa shape index (κ1) is 14.1.